The highest BCUT2D eigenvalue weighted by atomic mass is 79.9. The van der Waals surface area contributed by atoms with E-state index < -0.39 is 0 Å². The summed E-state index contributed by atoms with van der Waals surface area (Å²) in [7, 11) is 0. The zero-order valence-corrected chi connectivity index (χ0v) is 18.8. The van der Waals surface area contributed by atoms with Gasteiger partial charge in [-0.05, 0) is 46.8 Å². The zero-order chi connectivity index (χ0) is 22.2. The second-order valence-electron chi connectivity index (χ2n) is 7.05. The van der Waals surface area contributed by atoms with E-state index in [1.165, 1.54) is 0 Å². The summed E-state index contributed by atoms with van der Waals surface area (Å²) in [6.45, 7) is 0.337. The quantitative estimate of drug-likeness (QED) is 0.255. The molecule has 0 aliphatic heterocycles. The average molecular weight is 489 g/mol. The van der Waals surface area contributed by atoms with Crippen molar-refractivity contribution < 1.29 is 14.3 Å². The maximum Gasteiger partial charge on any atom is 0.277 e. The van der Waals surface area contributed by atoms with Gasteiger partial charge in [-0.25, -0.2) is 5.43 Å². The zero-order valence-electron chi connectivity index (χ0n) is 17.2. The molecule has 32 heavy (non-hydrogen) atoms. The van der Waals surface area contributed by atoms with Crippen LogP contribution >= 0.6 is 15.9 Å². The average Bonchev–Trinajstić information content (AvgIpc) is 2.82. The van der Waals surface area contributed by atoms with Gasteiger partial charge in [0, 0.05) is 9.86 Å². The fourth-order valence-electron chi connectivity index (χ4n) is 3.15. The number of nitrogens with one attached hydrogen (secondary N) is 1. The molecule has 0 spiro atoms. The van der Waals surface area contributed by atoms with Gasteiger partial charge >= 0.3 is 0 Å². The summed E-state index contributed by atoms with van der Waals surface area (Å²) in [5, 5.41) is 6.05. The van der Waals surface area contributed by atoms with Crippen LogP contribution in [-0.2, 0) is 11.4 Å². The number of halogens is 1. The van der Waals surface area contributed by atoms with Crippen LogP contribution in [0.1, 0.15) is 11.1 Å². The molecule has 0 saturated heterocycles. The number of ether oxygens (including phenoxy) is 2. The molecule has 4 aromatic carbocycles. The number of fused-ring (bicyclic) bond motifs is 1. The largest absolute Gasteiger partial charge is 0.489 e. The third-order valence-electron chi connectivity index (χ3n) is 4.66. The van der Waals surface area contributed by atoms with Gasteiger partial charge in [0.05, 0.1) is 6.21 Å². The summed E-state index contributed by atoms with van der Waals surface area (Å²) in [5.74, 6) is 1.05. The van der Waals surface area contributed by atoms with Crippen LogP contribution in [0.25, 0.3) is 10.8 Å². The number of nitrogens with zero attached hydrogens (tertiary/aromatic N) is 1. The van der Waals surface area contributed by atoms with E-state index in [1.54, 1.807) is 6.21 Å². The van der Waals surface area contributed by atoms with Crippen LogP contribution < -0.4 is 14.9 Å². The van der Waals surface area contributed by atoms with Gasteiger partial charge in [-0.3, -0.25) is 4.79 Å². The summed E-state index contributed by atoms with van der Waals surface area (Å²) in [5.41, 5.74) is 4.37. The van der Waals surface area contributed by atoms with Crippen LogP contribution in [-0.4, -0.2) is 18.7 Å². The molecule has 5 nitrogen and oxygen atoms in total. The summed E-state index contributed by atoms with van der Waals surface area (Å²) >= 11 is 3.46. The van der Waals surface area contributed by atoms with Crippen molar-refractivity contribution >= 4 is 38.8 Å². The second-order valence-corrected chi connectivity index (χ2v) is 7.97. The van der Waals surface area contributed by atoms with E-state index in [4.69, 9.17) is 9.47 Å². The lowest BCUT2D eigenvalue weighted by Gasteiger charge is -2.08. The molecule has 0 unspecified atom stereocenters. The van der Waals surface area contributed by atoms with Crippen molar-refractivity contribution in [2.45, 2.75) is 6.61 Å². The van der Waals surface area contributed by atoms with E-state index in [1.807, 2.05) is 91.0 Å². The molecule has 6 heteroatoms. The van der Waals surface area contributed by atoms with Crippen molar-refractivity contribution in [2.24, 2.45) is 5.10 Å². The summed E-state index contributed by atoms with van der Waals surface area (Å²) in [6, 6.07) is 29.1. The molecule has 0 bridgehead atoms. The molecule has 0 aliphatic carbocycles. The number of hydrogen-bond acceptors (Lipinski definition) is 4. The van der Waals surface area contributed by atoms with Crippen LogP contribution in [0.2, 0.25) is 0 Å². The highest BCUT2D eigenvalue weighted by Gasteiger charge is 2.05. The molecular weight excluding hydrogens is 468 g/mol. The first kappa shape index (κ1) is 21.6. The van der Waals surface area contributed by atoms with E-state index in [9.17, 15) is 4.79 Å². The molecule has 1 amide bonds. The van der Waals surface area contributed by atoms with Gasteiger partial charge in [-0.1, -0.05) is 76.6 Å². The van der Waals surface area contributed by atoms with Gasteiger partial charge < -0.3 is 9.47 Å². The van der Waals surface area contributed by atoms with Crippen molar-refractivity contribution in [2.75, 3.05) is 6.61 Å². The monoisotopic (exact) mass is 488 g/mol. The van der Waals surface area contributed by atoms with E-state index in [-0.39, 0.29) is 12.5 Å². The fourth-order valence-corrected chi connectivity index (χ4v) is 3.60. The molecule has 0 aliphatic rings. The molecule has 0 saturated carbocycles. The Kier molecular flexibility index (Phi) is 7.15. The van der Waals surface area contributed by atoms with Crippen LogP contribution in [0.5, 0.6) is 11.5 Å². The minimum atomic E-state index is -0.337. The molecule has 1 N–H and O–H groups in total. The highest BCUT2D eigenvalue weighted by Crippen LogP contribution is 2.25. The van der Waals surface area contributed by atoms with E-state index in [2.05, 4.69) is 26.5 Å². The van der Waals surface area contributed by atoms with E-state index >= 15 is 0 Å². The number of carbonyl (C=O) groups is 1. The van der Waals surface area contributed by atoms with Gasteiger partial charge in [0.2, 0.25) is 0 Å². The first-order valence-corrected chi connectivity index (χ1v) is 10.9. The van der Waals surface area contributed by atoms with Crippen LogP contribution in [0, 0.1) is 0 Å². The Morgan fingerprint density at radius 1 is 0.906 bits per heavy atom. The van der Waals surface area contributed by atoms with Crippen LogP contribution in [0.4, 0.5) is 0 Å². The molecule has 0 atom stereocenters. The van der Waals surface area contributed by atoms with Crippen molar-refractivity contribution in [1.82, 2.24) is 5.43 Å². The Hall–Kier alpha value is -3.64. The normalized spacial score (nSPS) is 10.9. The third kappa shape index (κ3) is 5.95. The minimum Gasteiger partial charge on any atom is -0.489 e. The van der Waals surface area contributed by atoms with Gasteiger partial charge in [-0.15, -0.1) is 0 Å². The molecule has 4 aromatic rings. The van der Waals surface area contributed by atoms with Crippen molar-refractivity contribution in [3.63, 3.8) is 0 Å². The minimum absolute atomic E-state index is 0.124. The van der Waals surface area contributed by atoms with Crippen molar-refractivity contribution in [3.05, 3.63) is 107 Å². The van der Waals surface area contributed by atoms with Crippen LogP contribution in [0.15, 0.2) is 101 Å². The molecule has 0 aromatic heterocycles. The Labute approximate surface area is 194 Å². The van der Waals surface area contributed by atoms with Crippen molar-refractivity contribution in [3.8, 4) is 11.5 Å². The first-order valence-electron chi connectivity index (χ1n) is 10.1. The molecule has 0 fully saturated rings. The van der Waals surface area contributed by atoms with E-state index in [0.29, 0.717) is 12.4 Å². The number of amides is 1. The van der Waals surface area contributed by atoms with Gasteiger partial charge in [0.25, 0.3) is 5.91 Å². The standard InChI is InChI=1S/C26H21BrN2O3/c27-22-10-3-7-20(14-22)17-31-23-11-4-6-19(15-23)16-28-29-26(30)18-32-25-13-5-9-21-8-1-2-12-24(21)25/h1-16H,17-18H2,(H,29,30)/b28-16+. The van der Waals surface area contributed by atoms with E-state index in [0.717, 1.165) is 32.1 Å². The predicted octanol–water partition coefficient (Wildman–Crippen LogP) is 5.71. The van der Waals surface area contributed by atoms with Gasteiger partial charge in [0.15, 0.2) is 6.61 Å². The summed E-state index contributed by atoms with van der Waals surface area (Å²) < 4.78 is 12.5. The van der Waals surface area contributed by atoms with Gasteiger partial charge in [0.1, 0.15) is 18.1 Å². The fraction of sp³-hybridized carbons (Fsp3) is 0.0769. The lowest BCUT2D eigenvalue weighted by atomic mass is 10.1. The highest BCUT2D eigenvalue weighted by molar-refractivity contribution is 9.10. The lowest BCUT2D eigenvalue weighted by molar-refractivity contribution is -0.123. The smallest absolute Gasteiger partial charge is 0.277 e. The van der Waals surface area contributed by atoms with Gasteiger partial charge in [-0.2, -0.15) is 5.10 Å². The second kappa shape index (κ2) is 10.6. The summed E-state index contributed by atoms with van der Waals surface area (Å²) in [6.07, 6.45) is 1.57. The topological polar surface area (TPSA) is 59.9 Å². The third-order valence-corrected chi connectivity index (χ3v) is 5.16. The Bertz CT molecular complexity index is 1250. The predicted molar refractivity (Wildman–Crippen MR) is 130 cm³/mol. The number of hydrazone groups is 1. The number of benzene rings is 4. The SMILES string of the molecule is O=C(COc1cccc2ccccc12)N/N=C/c1cccc(OCc2cccc(Br)c2)c1. The van der Waals surface area contributed by atoms with Crippen molar-refractivity contribution in [1.29, 1.82) is 0 Å². The maximum atomic E-state index is 12.1. The number of hydrogen-bond donors (Lipinski definition) is 1. The molecule has 0 radical (unpaired) electrons. The molecular formula is C26H21BrN2O3. The Balaban J connectivity index is 1.29. The first-order chi connectivity index (χ1) is 15.7. The number of rotatable bonds is 8. The summed E-state index contributed by atoms with van der Waals surface area (Å²) in [4.78, 5) is 12.1. The maximum absolute atomic E-state index is 12.1. The lowest BCUT2D eigenvalue weighted by Crippen LogP contribution is -2.24. The number of carbonyl (C=O) groups excluding carboxylic acids is 1. The molecule has 4 rings (SSSR count). The Morgan fingerprint density at radius 2 is 1.72 bits per heavy atom. The molecule has 0 heterocycles. The Morgan fingerprint density at radius 3 is 2.62 bits per heavy atom. The van der Waals surface area contributed by atoms with Crippen LogP contribution in [0.3, 0.4) is 0 Å². The molecule has 160 valence electrons.